The lowest BCUT2D eigenvalue weighted by molar-refractivity contribution is -0.309. The average Bonchev–Trinajstić information content (AvgIpc) is 3.06. The standard InChI is InChI=1S/C19H38N4O10/c1-2-23-10-14(28)12(26)8(4-20)30-18(10)32-16-7(22)3-6(21)11(25)17(16)33-19-15(29)13(27)9(5-24)31-19/h6-19,23-29H,2-5,20-22H2,1H3/t6?,7?,8?,9-,10?,11?,12-,13?,14?,15?,16?,17-,18-,19+/m1/s1. The van der Waals surface area contributed by atoms with Crippen LogP contribution in [0.25, 0.3) is 0 Å². The molecular weight excluding hydrogens is 444 g/mol. The van der Waals surface area contributed by atoms with Gasteiger partial charge in [0, 0.05) is 18.6 Å². The zero-order valence-corrected chi connectivity index (χ0v) is 18.5. The Labute approximate surface area is 191 Å². The third-order valence-corrected chi connectivity index (χ3v) is 6.52. The fourth-order valence-corrected chi connectivity index (χ4v) is 4.59. The van der Waals surface area contributed by atoms with E-state index in [9.17, 15) is 30.6 Å². The van der Waals surface area contributed by atoms with Gasteiger partial charge in [0.15, 0.2) is 12.6 Å². The first-order chi connectivity index (χ1) is 15.6. The quantitative estimate of drug-likeness (QED) is 0.155. The molecule has 0 aromatic heterocycles. The average molecular weight is 483 g/mol. The number of aliphatic hydroxyl groups is 6. The van der Waals surface area contributed by atoms with Gasteiger partial charge in [0.05, 0.1) is 18.8 Å². The molecule has 13 N–H and O–H groups in total. The van der Waals surface area contributed by atoms with Crippen LogP contribution in [0.3, 0.4) is 0 Å². The molecule has 2 heterocycles. The van der Waals surface area contributed by atoms with Gasteiger partial charge in [-0.2, -0.15) is 0 Å². The first kappa shape index (κ1) is 27.0. The molecule has 0 spiro atoms. The van der Waals surface area contributed by atoms with Crippen molar-refractivity contribution in [2.45, 2.75) is 99.0 Å². The van der Waals surface area contributed by atoms with E-state index in [0.717, 1.165) is 0 Å². The molecule has 0 aromatic carbocycles. The second-order valence-corrected chi connectivity index (χ2v) is 8.81. The van der Waals surface area contributed by atoms with Crippen LogP contribution >= 0.6 is 0 Å². The first-order valence-electron chi connectivity index (χ1n) is 11.2. The SMILES string of the molecule is CCNC1C(O)[C@H](O)C(CN)O[C@@H]1OC1C(N)CC(N)C(O)[C@H]1O[C@@H]1O[C@H](CO)C(O)C1O. The summed E-state index contributed by atoms with van der Waals surface area (Å²) in [6.07, 6.45) is -13.2. The van der Waals surface area contributed by atoms with Crippen LogP contribution in [0.15, 0.2) is 0 Å². The summed E-state index contributed by atoms with van der Waals surface area (Å²) >= 11 is 0. The smallest absolute Gasteiger partial charge is 0.187 e. The normalized spacial score (nSPS) is 51.1. The molecule has 14 nitrogen and oxygen atoms in total. The zero-order chi connectivity index (χ0) is 24.4. The fraction of sp³-hybridized carbons (Fsp3) is 1.00. The fourth-order valence-electron chi connectivity index (χ4n) is 4.59. The minimum absolute atomic E-state index is 0.0797. The maximum absolute atomic E-state index is 10.8. The number of hydrogen-bond acceptors (Lipinski definition) is 14. The number of nitrogens with two attached hydrogens (primary N) is 3. The Bertz CT molecular complexity index is 623. The maximum Gasteiger partial charge on any atom is 0.187 e. The van der Waals surface area contributed by atoms with Crippen molar-refractivity contribution in [2.24, 2.45) is 17.2 Å². The van der Waals surface area contributed by atoms with Gasteiger partial charge in [-0.3, -0.25) is 0 Å². The molecule has 0 amide bonds. The third kappa shape index (κ3) is 5.49. The second-order valence-electron chi connectivity index (χ2n) is 8.81. The van der Waals surface area contributed by atoms with Crippen LogP contribution in [0.2, 0.25) is 0 Å². The summed E-state index contributed by atoms with van der Waals surface area (Å²) < 4.78 is 23.0. The molecular formula is C19H38N4O10. The second kappa shape index (κ2) is 11.5. The number of nitrogens with one attached hydrogen (secondary N) is 1. The van der Waals surface area contributed by atoms with Gasteiger partial charge in [-0.15, -0.1) is 0 Å². The molecule has 1 aliphatic carbocycles. The van der Waals surface area contributed by atoms with Gasteiger partial charge in [0.2, 0.25) is 0 Å². The van der Waals surface area contributed by atoms with E-state index in [-0.39, 0.29) is 13.0 Å². The summed E-state index contributed by atoms with van der Waals surface area (Å²) in [7, 11) is 0. The molecule has 0 bridgehead atoms. The van der Waals surface area contributed by atoms with Crippen molar-refractivity contribution < 1.29 is 49.6 Å². The molecule has 14 atom stereocenters. The summed E-state index contributed by atoms with van der Waals surface area (Å²) in [5, 5.41) is 64.2. The molecule has 14 heteroatoms. The third-order valence-electron chi connectivity index (χ3n) is 6.52. The Morgan fingerprint density at radius 1 is 0.818 bits per heavy atom. The Hall–Kier alpha value is -0.560. The predicted octanol–water partition coefficient (Wildman–Crippen LogP) is -6.00. The minimum atomic E-state index is -1.50. The molecule has 194 valence electrons. The van der Waals surface area contributed by atoms with E-state index in [1.54, 1.807) is 6.92 Å². The van der Waals surface area contributed by atoms with Crippen LogP contribution < -0.4 is 22.5 Å². The van der Waals surface area contributed by atoms with Crippen LogP contribution in [0.1, 0.15) is 13.3 Å². The van der Waals surface area contributed by atoms with Gasteiger partial charge in [-0.05, 0) is 13.0 Å². The number of rotatable bonds is 8. The van der Waals surface area contributed by atoms with Gasteiger partial charge >= 0.3 is 0 Å². The van der Waals surface area contributed by atoms with Gasteiger partial charge in [-0.1, -0.05) is 6.92 Å². The van der Waals surface area contributed by atoms with Crippen molar-refractivity contribution in [2.75, 3.05) is 19.7 Å². The number of ether oxygens (including phenoxy) is 4. The topological polar surface area (TPSA) is 248 Å². The zero-order valence-electron chi connectivity index (χ0n) is 18.5. The van der Waals surface area contributed by atoms with E-state index >= 15 is 0 Å². The van der Waals surface area contributed by atoms with Gasteiger partial charge in [0.25, 0.3) is 0 Å². The van der Waals surface area contributed by atoms with Crippen molar-refractivity contribution in [3.63, 3.8) is 0 Å². The number of aliphatic hydroxyl groups excluding tert-OH is 6. The van der Waals surface area contributed by atoms with E-state index < -0.39 is 92.2 Å². The highest BCUT2D eigenvalue weighted by Crippen LogP contribution is 2.32. The lowest BCUT2D eigenvalue weighted by Gasteiger charge is -2.48. The van der Waals surface area contributed by atoms with Crippen LogP contribution in [-0.2, 0) is 18.9 Å². The van der Waals surface area contributed by atoms with E-state index in [1.807, 2.05) is 0 Å². The van der Waals surface area contributed by atoms with Crippen molar-refractivity contribution in [1.29, 1.82) is 0 Å². The molecule has 0 aromatic rings. The Balaban J connectivity index is 1.81. The summed E-state index contributed by atoms with van der Waals surface area (Å²) in [4.78, 5) is 0. The van der Waals surface area contributed by atoms with Crippen molar-refractivity contribution in [3.8, 4) is 0 Å². The molecule has 0 radical (unpaired) electrons. The largest absolute Gasteiger partial charge is 0.394 e. The summed E-state index contributed by atoms with van der Waals surface area (Å²) in [6.45, 7) is 1.60. The molecule has 1 saturated carbocycles. The van der Waals surface area contributed by atoms with E-state index in [4.69, 9.17) is 36.1 Å². The maximum atomic E-state index is 10.8. The van der Waals surface area contributed by atoms with E-state index in [2.05, 4.69) is 5.32 Å². The lowest BCUT2D eigenvalue weighted by Crippen LogP contribution is -2.68. The summed E-state index contributed by atoms with van der Waals surface area (Å²) in [6, 6.07) is -2.36. The highest BCUT2D eigenvalue weighted by Gasteiger charge is 2.52. The van der Waals surface area contributed by atoms with Crippen LogP contribution in [-0.4, -0.2) is 136 Å². The first-order valence-corrected chi connectivity index (χ1v) is 11.2. The van der Waals surface area contributed by atoms with Gasteiger partial charge < -0.3 is 72.1 Å². The Morgan fingerprint density at radius 2 is 1.42 bits per heavy atom. The van der Waals surface area contributed by atoms with Gasteiger partial charge in [0.1, 0.15) is 48.8 Å². The van der Waals surface area contributed by atoms with Crippen molar-refractivity contribution >= 4 is 0 Å². The number of likely N-dealkylation sites (N-methyl/N-ethyl adjacent to an activating group) is 1. The summed E-state index contributed by atoms with van der Waals surface area (Å²) in [5.41, 5.74) is 17.9. The van der Waals surface area contributed by atoms with Crippen LogP contribution in [0.5, 0.6) is 0 Å². The molecule has 3 fully saturated rings. The number of hydrogen-bond donors (Lipinski definition) is 10. The highest BCUT2D eigenvalue weighted by atomic mass is 16.7. The Kier molecular flexibility index (Phi) is 9.38. The molecule has 33 heavy (non-hydrogen) atoms. The highest BCUT2D eigenvalue weighted by molar-refractivity contribution is 5.01. The molecule has 2 saturated heterocycles. The predicted molar refractivity (Wildman–Crippen MR) is 111 cm³/mol. The van der Waals surface area contributed by atoms with E-state index in [1.165, 1.54) is 0 Å². The van der Waals surface area contributed by atoms with Crippen LogP contribution in [0, 0.1) is 0 Å². The van der Waals surface area contributed by atoms with Crippen LogP contribution in [0.4, 0.5) is 0 Å². The molecule has 3 aliphatic rings. The summed E-state index contributed by atoms with van der Waals surface area (Å²) in [5.74, 6) is 0. The minimum Gasteiger partial charge on any atom is -0.394 e. The Morgan fingerprint density at radius 3 is 2.00 bits per heavy atom. The molecule has 2 aliphatic heterocycles. The van der Waals surface area contributed by atoms with Gasteiger partial charge in [-0.25, -0.2) is 0 Å². The molecule has 9 unspecified atom stereocenters. The molecule has 3 rings (SSSR count). The van der Waals surface area contributed by atoms with Crippen molar-refractivity contribution in [1.82, 2.24) is 5.32 Å². The monoisotopic (exact) mass is 482 g/mol. The van der Waals surface area contributed by atoms with E-state index in [0.29, 0.717) is 6.54 Å². The lowest BCUT2D eigenvalue weighted by atomic mass is 9.84. The van der Waals surface area contributed by atoms with Crippen molar-refractivity contribution in [3.05, 3.63) is 0 Å².